The highest BCUT2D eigenvalue weighted by atomic mass is 16.5. The summed E-state index contributed by atoms with van der Waals surface area (Å²) in [6, 6.07) is 0. The van der Waals surface area contributed by atoms with Crippen molar-refractivity contribution >= 4 is 5.97 Å². The van der Waals surface area contributed by atoms with Gasteiger partial charge in [0.05, 0.1) is 44.1 Å². The quantitative estimate of drug-likeness (QED) is 0.784. The van der Waals surface area contributed by atoms with Crippen LogP contribution in [0.1, 0.15) is 10.5 Å². The number of nitrogens with one attached hydrogen (secondary N) is 1. The number of carbonyl (C=O) groups is 1. The van der Waals surface area contributed by atoms with Gasteiger partial charge in [0, 0.05) is 0 Å². The van der Waals surface area contributed by atoms with Crippen molar-refractivity contribution in [1.29, 1.82) is 0 Å². The highest BCUT2D eigenvalue weighted by Gasteiger charge is 2.17. The van der Waals surface area contributed by atoms with E-state index in [4.69, 9.17) is 4.74 Å². The lowest BCUT2D eigenvalue weighted by Gasteiger charge is -2.02. The lowest BCUT2D eigenvalue weighted by atomic mass is 10.2. The Bertz CT molecular complexity index is 538. The molecule has 0 aliphatic heterocycles. The van der Waals surface area contributed by atoms with Crippen molar-refractivity contribution in [1.82, 2.24) is 20.2 Å². The maximum atomic E-state index is 11.5. The van der Waals surface area contributed by atoms with Crippen LogP contribution in [0.5, 0.6) is 5.88 Å². The van der Waals surface area contributed by atoms with E-state index in [1.807, 2.05) is 0 Å². The van der Waals surface area contributed by atoms with Crippen LogP contribution in [0.4, 0.5) is 0 Å². The normalized spacial score (nSPS) is 10.0. The third-order valence-corrected chi connectivity index (χ3v) is 2.13. The minimum atomic E-state index is -0.512. The molecule has 0 amide bonds. The smallest absolute Gasteiger partial charge is 0.356 e. The summed E-state index contributed by atoms with van der Waals surface area (Å²) >= 11 is 0. The number of aromatic nitrogens is 4. The lowest BCUT2D eigenvalue weighted by Crippen LogP contribution is -2.04. The second-order valence-corrected chi connectivity index (χ2v) is 3.10. The molecule has 0 saturated heterocycles. The van der Waals surface area contributed by atoms with Crippen molar-refractivity contribution in [2.45, 2.75) is 0 Å². The van der Waals surface area contributed by atoms with Crippen molar-refractivity contribution in [3.8, 4) is 17.1 Å². The fraction of sp³-hybridized carbons (Fsp3) is 0.200. The van der Waals surface area contributed by atoms with Gasteiger partial charge in [0.2, 0.25) is 5.88 Å². The number of esters is 1. The zero-order valence-corrected chi connectivity index (χ0v) is 9.30. The zero-order chi connectivity index (χ0) is 12.3. The monoisotopic (exact) mass is 234 g/mol. The predicted octanol–water partition coefficient (Wildman–Crippen LogP) is 0.662. The fourth-order valence-electron chi connectivity index (χ4n) is 1.31. The number of rotatable bonds is 3. The molecule has 0 saturated carbocycles. The van der Waals surface area contributed by atoms with Crippen LogP contribution in [-0.4, -0.2) is 40.4 Å². The minimum absolute atomic E-state index is 0.232. The summed E-state index contributed by atoms with van der Waals surface area (Å²) in [4.78, 5) is 19.6. The van der Waals surface area contributed by atoms with Crippen LogP contribution in [0.15, 0.2) is 18.6 Å². The molecule has 0 aliphatic rings. The van der Waals surface area contributed by atoms with Gasteiger partial charge in [0.25, 0.3) is 0 Å². The van der Waals surface area contributed by atoms with E-state index in [9.17, 15) is 4.79 Å². The molecule has 0 unspecified atom stereocenters. The van der Waals surface area contributed by atoms with E-state index in [0.717, 1.165) is 0 Å². The van der Waals surface area contributed by atoms with Gasteiger partial charge >= 0.3 is 5.97 Å². The number of nitrogens with zero attached hydrogens (tertiary/aromatic N) is 3. The Hall–Kier alpha value is -2.44. The van der Waals surface area contributed by atoms with Gasteiger partial charge in [0.15, 0.2) is 5.69 Å². The molecule has 0 bridgehead atoms. The molecule has 88 valence electrons. The average molecular weight is 234 g/mol. The molecule has 2 aromatic rings. The summed E-state index contributed by atoms with van der Waals surface area (Å²) in [5.41, 5.74) is 1.23. The molecule has 2 heterocycles. The standard InChI is InChI=1S/C10H10N4O3/c1-16-8-5-11-4-7(13-8)6-3-12-14-9(6)10(15)17-2/h3-5H,1-2H3,(H,12,14). The molecule has 0 spiro atoms. The highest BCUT2D eigenvalue weighted by Crippen LogP contribution is 2.21. The van der Waals surface area contributed by atoms with Gasteiger partial charge in [-0.2, -0.15) is 5.10 Å². The summed E-state index contributed by atoms with van der Waals surface area (Å²) in [7, 11) is 2.79. The maximum absolute atomic E-state index is 11.5. The molecule has 7 nitrogen and oxygen atoms in total. The van der Waals surface area contributed by atoms with E-state index in [-0.39, 0.29) is 5.69 Å². The molecule has 7 heteroatoms. The number of hydrogen-bond donors (Lipinski definition) is 1. The van der Waals surface area contributed by atoms with Crippen LogP contribution in [0, 0.1) is 0 Å². The van der Waals surface area contributed by atoms with E-state index in [1.54, 1.807) is 0 Å². The van der Waals surface area contributed by atoms with E-state index >= 15 is 0 Å². The largest absolute Gasteiger partial charge is 0.480 e. The molecule has 0 fully saturated rings. The molecule has 17 heavy (non-hydrogen) atoms. The Morgan fingerprint density at radius 2 is 2.12 bits per heavy atom. The van der Waals surface area contributed by atoms with Gasteiger partial charge in [-0.25, -0.2) is 9.78 Å². The molecule has 1 N–H and O–H groups in total. The number of ether oxygens (including phenoxy) is 2. The van der Waals surface area contributed by atoms with Crippen LogP contribution >= 0.6 is 0 Å². The first-order valence-electron chi connectivity index (χ1n) is 4.74. The Balaban J connectivity index is 2.45. The summed E-state index contributed by atoms with van der Waals surface area (Å²) in [5, 5.41) is 6.35. The molecule has 2 rings (SSSR count). The van der Waals surface area contributed by atoms with Gasteiger partial charge in [-0.15, -0.1) is 0 Å². The molecular formula is C10H10N4O3. The second-order valence-electron chi connectivity index (χ2n) is 3.10. The highest BCUT2D eigenvalue weighted by molar-refractivity contribution is 5.94. The number of carbonyl (C=O) groups excluding carboxylic acids is 1. The van der Waals surface area contributed by atoms with Gasteiger partial charge in [-0.1, -0.05) is 0 Å². The molecule has 0 aliphatic carbocycles. The molecule has 0 aromatic carbocycles. The van der Waals surface area contributed by atoms with E-state index in [2.05, 4.69) is 24.9 Å². The van der Waals surface area contributed by atoms with Crippen molar-refractivity contribution in [2.24, 2.45) is 0 Å². The van der Waals surface area contributed by atoms with Gasteiger partial charge in [-0.05, 0) is 0 Å². The topological polar surface area (TPSA) is 90.0 Å². The van der Waals surface area contributed by atoms with Crippen LogP contribution in [-0.2, 0) is 4.74 Å². The summed E-state index contributed by atoms with van der Waals surface area (Å²) in [6.07, 6.45) is 4.47. The van der Waals surface area contributed by atoms with Crippen LogP contribution < -0.4 is 4.74 Å². The van der Waals surface area contributed by atoms with Crippen molar-refractivity contribution in [2.75, 3.05) is 14.2 Å². The molecule has 0 radical (unpaired) electrons. The van der Waals surface area contributed by atoms with Crippen LogP contribution in [0.2, 0.25) is 0 Å². The van der Waals surface area contributed by atoms with E-state index < -0.39 is 5.97 Å². The Kier molecular flexibility index (Phi) is 2.99. The minimum Gasteiger partial charge on any atom is -0.480 e. The van der Waals surface area contributed by atoms with Crippen LogP contribution in [0.3, 0.4) is 0 Å². The van der Waals surface area contributed by atoms with Crippen molar-refractivity contribution < 1.29 is 14.3 Å². The SMILES string of the molecule is COC(=O)c1[nH]ncc1-c1cncc(OC)n1. The first kappa shape index (κ1) is 11.1. The Morgan fingerprint density at radius 1 is 1.29 bits per heavy atom. The number of aromatic amines is 1. The molecule has 2 aromatic heterocycles. The van der Waals surface area contributed by atoms with Gasteiger partial charge < -0.3 is 9.47 Å². The van der Waals surface area contributed by atoms with E-state index in [1.165, 1.54) is 32.8 Å². The van der Waals surface area contributed by atoms with Crippen molar-refractivity contribution in [3.05, 3.63) is 24.3 Å². The number of methoxy groups -OCH3 is 2. The van der Waals surface area contributed by atoms with E-state index in [0.29, 0.717) is 17.1 Å². The summed E-state index contributed by atoms with van der Waals surface area (Å²) in [6.45, 7) is 0. The molecule has 0 atom stereocenters. The second kappa shape index (κ2) is 4.60. The Labute approximate surface area is 96.8 Å². The summed E-state index contributed by atoms with van der Waals surface area (Å²) in [5.74, 6) is -0.151. The summed E-state index contributed by atoms with van der Waals surface area (Å²) < 4.78 is 9.58. The third-order valence-electron chi connectivity index (χ3n) is 2.13. The predicted molar refractivity (Wildman–Crippen MR) is 57.5 cm³/mol. The number of hydrogen-bond acceptors (Lipinski definition) is 6. The van der Waals surface area contributed by atoms with Crippen molar-refractivity contribution in [3.63, 3.8) is 0 Å². The first-order valence-corrected chi connectivity index (χ1v) is 4.74. The third kappa shape index (κ3) is 2.07. The van der Waals surface area contributed by atoms with Crippen LogP contribution in [0.25, 0.3) is 11.3 Å². The zero-order valence-electron chi connectivity index (χ0n) is 9.30. The molecular weight excluding hydrogens is 224 g/mol. The fourth-order valence-corrected chi connectivity index (χ4v) is 1.31. The number of H-pyrrole nitrogens is 1. The Morgan fingerprint density at radius 3 is 2.82 bits per heavy atom. The van der Waals surface area contributed by atoms with Gasteiger partial charge in [0.1, 0.15) is 0 Å². The maximum Gasteiger partial charge on any atom is 0.356 e. The average Bonchev–Trinajstić information content (AvgIpc) is 2.87. The first-order chi connectivity index (χ1) is 8.26. The lowest BCUT2D eigenvalue weighted by molar-refractivity contribution is 0.0595. The van der Waals surface area contributed by atoms with Gasteiger partial charge in [-0.3, -0.25) is 10.1 Å².